The van der Waals surface area contributed by atoms with Crippen LogP contribution >= 0.6 is 0 Å². The molecule has 236 valence electrons. The predicted octanol–water partition coefficient (Wildman–Crippen LogP) is 4.99. The fourth-order valence-corrected chi connectivity index (χ4v) is 5.97. The average Bonchev–Trinajstić information content (AvgIpc) is 3.52. The molecule has 3 aliphatic rings. The fourth-order valence-electron chi connectivity index (χ4n) is 5.97. The molecule has 2 atom stereocenters. The van der Waals surface area contributed by atoms with Crippen LogP contribution in [0.5, 0.6) is 5.75 Å². The number of hydrogen-bond acceptors (Lipinski definition) is 7. The van der Waals surface area contributed by atoms with E-state index < -0.39 is 24.2 Å². The largest absolute Gasteiger partial charge is 0.490 e. The number of likely N-dealkylation sites (N-methyl/N-ethyl adjacent to an activating group) is 1. The lowest BCUT2D eigenvalue weighted by molar-refractivity contribution is -0.192. The van der Waals surface area contributed by atoms with Gasteiger partial charge in [-0.25, -0.2) is 9.78 Å². The van der Waals surface area contributed by atoms with E-state index >= 15 is 0 Å². The maximum Gasteiger partial charge on any atom is 0.490 e. The van der Waals surface area contributed by atoms with Gasteiger partial charge in [0.1, 0.15) is 17.3 Å². The van der Waals surface area contributed by atoms with E-state index in [0.717, 1.165) is 59.7 Å². The van der Waals surface area contributed by atoms with Crippen molar-refractivity contribution in [3.63, 3.8) is 0 Å². The lowest BCUT2D eigenvalue weighted by Gasteiger charge is -2.33. The van der Waals surface area contributed by atoms with Gasteiger partial charge in [-0.3, -0.25) is 9.89 Å². The lowest BCUT2D eigenvalue weighted by atomic mass is 9.91. The molecule has 1 aliphatic carbocycles. The molecule has 1 spiro atoms. The fraction of sp³-hybridized carbons (Fsp3) is 0.333. The molecule has 0 radical (unpaired) electrons. The number of nitrogens with zero attached hydrogens (tertiary/aromatic N) is 4. The van der Waals surface area contributed by atoms with Crippen LogP contribution in [0.15, 0.2) is 54.7 Å². The van der Waals surface area contributed by atoms with Gasteiger partial charge in [0.25, 0.3) is 0 Å². The molecule has 4 heterocycles. The van der Waals surface area contributed by atoms with Crippen LogP contribution in [0.1, 0.15) is 23.5 Å². The number of nitrogens with one attached hydrogen (secondary N) is 2. The Morgan fingerprint density at radius 1 is 1.09 bits per heavy atom. The summed E-state index contributed by atoms with van der Waals surface area (Å²) in [4.78, 5) is 31.2. The first-order valence-electron chi connectivity index (χ1n) is 14.0. The summed E-state index contributed by atoms with van der Waals surface area (Å²) in [5, 5.41) is 18.7. The second-order valence-electron chi connectivity index (χ2n) is 11.1. The van der Waals surface area contributed by atoms with Gasteiger partial charge in [0.2, 0.25) is 5.91 Å². The Hall–Kier alpha value is -4.79. The van der Waals surface area contributed by atoms with Gasteiger partial charge in [-0.2, -0.15) is 27.1 Å². The highest BCUT2D eigenvalue weighted by Gasteiger charge is 2.65. The highest BCUT2D eigenvalue weighted by Crippen LogP contribution is 2.65. The van der Waals surface area contributed by atoms with Crippen molar-refractivity contribution in [1.82, 2.24) is 20.1 Å². The summed E-state index contributed by atoms with van der Waals surface area (Å²) >= 11 is 0. The van der Waals surface area contributed by atoms with Crippen molar-refractivity contribution >= 4 is 34.3 Å². The summed E-state index contributed by atoms with van der Waals surface area (Å²) in [5.74, 6) is -1.90. The highest BCUT2D eigenvalue weighted by molar-refractivity contribution is 6.10. The number of rotatable bonds is 5. The summed E-state index contributed by atoms with van der Waals surface area (Å²) in [5.41, 5.74) is 4.22. The highest BCUT2D eigenvalue weighted by atomic mass is 19.4. The monoisotopic (exact) mass is 630 g/mol. The van der Waals surface area contributed by atoms with Gasteiger partial charge in [-0.05, 0) is 61.0 Å². The van der Waals surface area contributed by atoms with E-state index in [0.29, 0.717) is 17.7 Å². The molecule has 2 aliphatic heterocycles. The molecule has 1 saturated carbocycles. The van der Waals surface area contributed by atoms with Crippen LogP contribution in [0.25, 0.3) is 22.2 Å². The number of ether oxygens (including phenoxy) is 1. The molecule has 15 heteroatoms. The molecule has 1 saturated heterocycles. The van der Waals surface area contributed by atoms with Gasteiger partial charge in [0.05, 0.1) is 10.9 Å². The van der Waals surface area contributed by atoms with Gasteiger partial charge in [-0.1, -0.05) is 12.1 Å². The zero-order chi connectivity index (χ0) is 32.1. The molecular weight excluding hydrogens is 603 g/mol. The Morgan fingerprint density at radius 2 is 1.82 bits per heavy atom. The molecule has 2 aromatic heterocycles. The Bertz CT molecular complexity index is 1750. The Balaban J connectivity index is 0.000000460. The summed E-state index contributed by atoms with van der Waals surface area (Å²) in [6.45, 7) is 1.05. The number of hydrogen-bond donors (Lipinski definition) is 3. The number of piperazine rings is 1. The summed E-state index contributed by atoms with van der Waals surface area (Å²) < 4.78 is 61.9. The van der Waals surface area contributed by atoms with Crippen LogP contribution in [0.3, 0.4) is 0 Å². The minimum atomic E-state index is -5.08. The maximum absolute atomic E-state index is 13.0. The number of alkyl halides is 5. The molecule has 2 fully saturated rings. The third-order valence-electron chi connectivity index (χ3n) is 8.39. The van der Waals surface area contributed by atoms with Gasteiger partial charge in [0.15, 0.2) is 0 Å². The molecule has 7 rings (SSSR count). The number of carboxylic acid groups (broad SMARTS) is 1. The van der Waals surface area contributed by atoms with E-state index in [9.17, 15) is 26.7 Å². The standard InChI is InChI=1S/C28H26F2N6O2.C2HF3O2/c1-35-8-10-36(11-9-35)24-7-3-17(15-31-24)25-19-5-2-16(12-23(19)33-34-25)21-14-28(21)20-13-18(38-27(29)30)4-6-22(20)32-26(28)37;3-2(4,5)1(6)7/h2-7,12-13,15,21,27H,8-11,14H2,1H3,(H,32,37)(H,33,34);(H,6,7)/t21-,28?;/m0./s1. The van der Waals surface area contributed by atoms with E-state index in [4.69, 9.17) is 14.9 Å². The number of benzene rings is 2. The molecular formula is C30H27F5N6O4. The van der Waals surface area contributed by atoms with Crippen molar-refractivity contribution in [2.75, 3.05) is 43.4 Å². The van der Waals surface area contributed by atoms with E-state index in [2.05, 4.69) is 43.2 Å². The third kappa shape index (κ3) is 5.75. The average molecular weight is 631 g/mol. The number of aliphatic carboxylic acids is 1. The molecule has 3 N–H and O–H groups in total. The molecule has 2 aromatic carbocycles. The van der Waals surface area contributed by atoms with Crippen LogP contribution in [0.4, 0.5) is 33.5 Å². The van der Waals surface area contributed by atoms with Crippen LogP contribution in [0.2, 0.25) is 0 Å². The number of H-pyrrole nitrogens is 1. The number of carbonyl (C=O) groups is 2. The number of carbonyl (C=O) groups excluding carboxylic acids is 1. The van der Waals surface area contributed by atoms with Crippen LogP contribution in [-0.4, -0.2) is 83.1 Å². The molecule has 0 bridgehead atoms. The minimum absolute atomic E-state index is 0.0567. The van der Waals surface area contributed by atoms with Crippen molar-refractivity contribution in [2.45, 2.75) is 30.5 Å². The zero-order valence-electron chi connectivity index (χ0n) is 23.7. The van der Waals surface area contributed by atoms with E-state index in [1.807, 2.05) is 30.5 Å². The number of fused-ring (bicyclic) bond motifs is 3. The van der Waals surface area contributed by atoms with E-state index in [1.54, 1.807) is 12.1 Å². The van der Waals surface area contributed by atoms with E-state index in [-0.39, 0.29) is 17.6 Å². The Kier molecular flexibility index (Phi) is 7.59. The van der Waals surface area contributed by atoms with Gasteiger partial charge in [0, 0.05) is 54.9 Å². The first-order chi connectivity index (χ1) is 21.4. The first kappa shape index (κ1) is 30.2. The van der Waals surface area contributed by atoms with Crippen molar-refractivity contribution in [3.05, 3.63) is 65.9 Å². The van der Waals surface area contributed by atoms with Crippen molar-refractivity contribution in [1.29, 1.82) is 0 Å². The van der Waals surface area contributed by atoms with E-state index in [1.165, 1.54) is 6.07 Å². The van der Waals surface area contributed by atoms with Crippen LogP contribution in [-0.2, 0) is 15.0 Å². The first-order valence-corrected chi connectivity index (χ1v) is 14.0. The maximum atomic E-state index is 13.0. The third-order valence-corrected chi connectivity index (χ3v) is 8.39. The topological polar surface area (TPSA) is 124 Å². The molecule has 1 amide bonds. The quantitative estimate of drug-likeness (QED) is 0.264. The number of amides is 1. The van der Waals surface area contributed by atoms with Crippen molar-refractivity contribution in [3.8, 4) is 17.0 Å². The summed E-state index contributed by atoms with van der Waals surface area (Å²) in [6.07, 6.45) is -2.61. The van der Waals surface area contributed by atoms with Crippen LogP contribution in [0, 0.1) is 0 Å². The number of halogens is 5. The molecule has 10 nitrogen and oxygen atoms in total. The van der Waals surface area contributed by atoms with Crippen molar-refractivity contribution in [2.24, 2.45) is 0 Å². The molecule has 45 heavy (non-hydrogen) atoms. The minimum Gasteiger partial charge on any atom is -0.475 e. The second-order valence-corrected chi connectivity index (χ2v) is 11.1. The van der Waals surface area contributed by atoms with Crippen LogP contribution < -0.4 is 15.0 Å². The Labute approximate surface area is 252 Å². The SMILES string of the molecule is CN1CCN(c2ccc(-c3n[nH]c4cc([C@@H]5CC56C(=O)Nc5ccc(OC(F)F)cc56)ccc34)cn2)CC1.O=C(O)C(F)(F)F. The number of carboxylic acids is 1. The number of pyridine rings is 1. The van der Waals surface area contributed by atoms with Crippen molar-refractivity contribution < 1.29 is 41.4 Å². The summed E-state index contributed by atoms with van der Waals surface area (Å²) in [6, 6.07) is 14.8. The summed E-state index contributed by atoms with van der Waals surface area (Å²) in [7, 11) is 2.13. The van der Waals surface area contributed by atoms with Gasteiger partial charge in [-0.15, -0.1) is 0 Å². The number of anilines is 2. The normalized spacial score (nSPS) is 21.0. The smallest absolute Gasteiger partial charge is 0.475 e. The molecule has 4 aromatic rings. The number of aromatic amines is 1. The zero-order valence-corrected chi connectivity index (χ0v) is 23.7. The van der Waals surface area contributed by atoms with Gasteiger partial charge < -0.3 is 25.0 Å². The lowest BCUT2D eigenvalue weighted by Crippen LogP contribution is -2.44. The predicted molar refractivity (Wildman–Crippen MR) is 153 cm³/mol. The second kappa shape index (κ2) is 11.3. The van der Waals surface area contributed by atoms with Gasteiger partial charge >= 0.3 is 18.8 Å². The number of aromatic nitrogens is 3. The Morgan fingerprint density at radius 3 is 2.47 bits per heavy atom. The molecule has 1 unspecified atom stereocenters.